The molecule has 4 aliphatic rings. The van der Waals surface area contributed by atoms with E-state index in [0.29, 0.717) is 5.92 Å². The van der Waals surface area contributed by atoms with Crippen LogP contribution in [0.25, 0.3) is 0 Å². The maximum absolute atomic E-state index is 5.32. The fraction of sp³-hybridized carbons (Fsp3) is 0.429. The smallest absolute Gasteiger partial charge is 0.114 e. The van der Waals surface area contributed by atoms with Crippen LogP contribution >= 0.6 is 0 Å². The summed E-state index contributed by atoms with van der Waals surface area (Å²) in [5.74, 6) is 1.58. The number of ether oxygens (including phenoxy) is 1. The molecule has 0 amide bonds. The van der Waals surface area contributed by atoms with E-state index < -0.39 is 0 Å². The second kappa shape index (κ2) is 9.74. The predicted molar refractivity (Wildman–Crippen MR) is 130 cm³/mol. The Labute approximate surface area is 188 Å². The number of hydrogen-bond acceptors (Lipinski definition) is 3. The van der Waals surface area contributed by atoms with Gasteiger partial charge in [0.1, 0.15) is 5.76 Å². The fourth-order valence-electron chi connectivity index (χ4n) is 4.81. The zero-order chi connectivity index (χ0) is 21.8. The van der Waals surface area contributed by atoms with Crippen molar-refractivity contribution < 1.29 is 4.74 Å². The van der Waals surface area contributed by atoms with Gasteiger partial charge >= 0.3 is 0 Å². The first-order valence-corrected chi connectivity index (χ1v) is 11.6. The van der Waals surface area contributed by atoms with Crippen molar-refractivity contribution in [2.24, 2.45) is 5.92 Å². The summed E-state index contributed by atoms with van der Waals surface area (Å²) in [4.78, 5) is 5.07. The molecule has 2 heterocycles. The van der Waals surface area contributed by atoms with E-state index >= 15 is 0 Å². The number of allylic oxidation sites excluding steroid dienone is 10. The van der Waals surface area contributed by atoms with Crippen molar-refractivity contribution in [3.05, 3.63) is 94.6 Å². The molecule has 0 spiro atoms. The van der Waals surface area contributed by atoms with Gasteiger partial charge in [-0.05, 0) is 79.9 Å². The van der Waals surface area contributed by atoms with E-state index in [0.717, 1.165) is 57.6 Å². The molecular formula is C28H36N2O. The highest BCUT2D eigenvalue weighted by molar-refractivity contribution is 5.50. The second-order valence-corrected chi connectivity index (χ2v) is 9.06. The summed E-state index contributed by atoms with van der Waals surface area (Å²) in [5, 5.41) is 0. The van der Waals surface area contributed by atoms with Gasteiger partial charge in [0.25, 0.3) is 0 Å². The van der Waals surface area contributed by atoms with Gasteiger partial charge in [-0.3, -0.25) is 4.90 Å². The minimum absolute atomic E-state index is 0.591. The van der Waals surface area contributed by atoms with Gasteiger partial charge in [0, 0.05) is 38.1 Å². The molecule has 1 unspecified atom stereocenters. The molecule has 31 heavy (non-hydrogen) atoms. The van der Waals surface area contributed by atoms with E-state index in [1.165, 1.54) is 33.6 Å². The number of piperazine rings is 1. The van der Waals surface area contributed by atoms with Gasteiger partial charge in [-0.25, -0.2) is 0 Å². The molecule has 0 aromatic heterocycles. The molecule has 0 N–H and O–H groups in total. The molecule has 3 nitrogen and oxygen atoms in total. The molecule has 164 valence electrons. The number of fused-ring (bicyclic) bond motifs is 1. The molecule has 2 aliphatic heterocycles. The quantitative estimate of drug-likeness (QED) is 0.524. The van der Waals surface area contributed by atoms with Crippen LogP contribution < -0.4 is 0 Å². The predicted octanol–water partition coefficient (Wildman–Crippen LogP) is 6.05. The molecule has 0 aromatic rings. The van der Waals surface area contributed by atoms with Crippen molar-refractivity contribution in [2.75, 3.05) is 33.3 Å². The monoisotopic (exact) mass is 416 g/mol. The molecule has 3 heteroatoms. The van der Waals surface area contributed by atoms with E-state index in [1.807, 2.05) is 0 Å². The summed E-state index contributed by atoms with van der Waals surface area (Å²) >= 11 is 0. The number of nitrogens with zero attached hydrogens (tertiary/aromatic N) is 2. The zero-order valence-corrected chi connectivity index (χ0v) is 19.4. The van der Waals surface area contributed by atoms with Crippen LogP contribution in [0.3, 0.4) is 0 Å². The normalized spacial score (nSPS) is 24.3. The molecule has 2 aliphatic carbocycles. The lowest BCUT2D eigenvalue weighted by atomic mass is 9.87. The van der Waals surface area contributed by atoms with Crippen LogP contribution in [0.5, 0.6) is 0 Å². The van der Waals surface area contributed by atoms with E-state index in [1.54, 1.807) is 7.11 Å². The summed E-state index contributed by atoms with van der Waals surface area (Å²) in [5.41, 5.74) is 8.28. The minimum Gasteiger partial charge on any atom is -0.497 e. The number of methoxy groups -OCH3 is 1. The van der Waals surface area contributed by atoms with Crippen LogP contribution in [-0.4, -0.2) is 43.1 Å². The Morgan fingerprint density at radius 2 is 2.03 bits per heavy atom. The van der Waals surface area contributed by atoms with Crippen LogP contribution in [0, 0.1) is 5.92 Å². The van der Waals surface area contributed by atoms with Gasteiger partial charge in [-0.15, -0.1) is 0 Å². The highest BCUT2D eigenvalue weighted by atomic mass is 16.5. The summed E-state index contributed by atoms with van der Waals surface area (Å²) in [6, 6.07) is 0. The third kappa shape index (κ3) is 5.04. The lowest BCUT2D eigenvalue weighted by Gasteiger charge is -2.41. The summed E-state index contributed by atoms with van der Waals surface area (Å²) in [6.07, 6.45) is 22.4. The van der Waals surface area contributed by atoms with E-state index in [-0.39, 0.29) is 0 Å². The van der Waals surface area contributed by atoms with Crippen LogP contribution in [0.1, 0.15) is 39.5 Å². The van der Waals surface area contributed by atoms with Crippen LogP contribution in [0.15, 0.2) is 94.6 Å². The van der Waals surface area contributed by atoms with Gasteiger partial charge in [0.05, 0.1) is 7.11 Å². The largest absolute Gasteiger partial charge is 0.497 e. The second-order valence-electron chi connectivity index (χ2n) is 9.06. The fourth-order valence-corrected chi connectivity index (χ4v) is 4.81. The zero-order valence-electron chi connectivity index (χ0n) is 19.4. The molecule has 0 bridgehead atoms. The lowest BCUT2D eigenvalue weighted by Crippen LogP contribution is -2.45. The van der Waals surface area contributed by atoms with E-state index in [2.05, 4.69) is 79.0 Å². The average molecular weight is 417 g/mol. The summed E-state index contributed by atoms with van der Waals surface area (Å²) < 4.78 is 5.32. The van der Waals surface area contributed by atoms with Crippen molar-refractivity contribution in [1.29, 1.82) is 0 Å². The highest BCUT2D eigenvalue weighted by Crippen LogP contribution is 2.35. The van der Waals surface area contributed by atoms with Crippen molar-refractivity contribution in [1.82, 2.24) is 9.80 Å². The van der Waals surface area contributed by atoms with Crippen molar-refractivity contribution >= 4 is 0 Å². The van der Waals surface area contributed by atoms with Crippen molar-refractivity contribution in [3.8, 4) is 0 Å². The lowest BCUT2D eigenvalue weighted by molar-refractivity contribution is 0.219. The molecule has 4 rings (SSSR count). The first-order valence-electron chi connectivity index (χ1n) is 11.6. The van der Waals surface area contributed by atoms with E-state index in [4.69, 9.17) is 4.74 Å². The summed E-state index contributed by atoms with van der Waals surface area (Å²) in [7, 11) is 1.74. The van der Waals surface area contributed by atoms with Gasteiger partial charge in [-0.1, -0.05) is 42.5 Å². The molecule has 0 aromatic carbocycles. The molecule has 0 saturated carbocycles. The van der Waals surface area contributed by atoms with Crippen LogP contribution in [-0.2, 0) is 4.74 Å². The third-order valence-corrected chi connectivity index (χ3v) is 7.03. The standard InChI is InChI=1S/C28H36N2O/c1-21-8-6-5-7-9-25(21)18-29-16-17-30-19-26(22(2)23(3)28(30)20-29)13-10-24-11-14-27(31-4)15-12-24/h5,7-9,11,14-15,19,24H,2,6,10,12-13,16-18,20H2,1,3-4H3. The Morgan fingerprint density at radius 1 is 1.16 bits per heavy atom. The van der Waals surface area contributed by atoms with Gasteiger partial charge in [0.15, 0.2) is 0 Å². The Bertz CT molecular complexity index is 938. The van der Waals surface area contributed by atoms with Gasteiger partial charge in [0.2, 0.25) is 0 Å². The van der Waals surface area contributed by atoms with Gasteiger partial charge < -0.3 is 9.64 Å². The Kier molecular flexibility index (Phi) is 6.82. The first kappa shape index (κ1) is 21.7. The molecular weight excluding hydrogens is 380 g/mol. The van der Waals surface area contributed by atoms with Crippen molar-refractivity contribution in [3.63, 3.8) is 0 Å². The highest BCUT2D eigenvalue weighted by Gasteiger charge is 2.27. The molecule has 1 atom stereocenters. The Balaban J connectivity index is 1.37. The van der Waals surface area contributed by atoms with E-state index in [9.17, 15) is 0 Å². The number of rotatable bonds is 6. The minimum atomic E-state index is 0.591. The molecule has 1 fully saturated rings. The Morgan fingerprint density at radius 3 is 2.81 bits per heavy atom. The van der Waals surface area contributed by atoms with Crippen LogP contribution in [0.4, 0.5) is 0 Å². The SMILES string of the molecule is C=C1C(CCC2C=CC(OC)=CC2)=CN2CCN(CC3=CC=CCC=C3C)CC2=C1C. The van der Waals surface area contributed by atoms with Crippen molar-refractivity contribution in [2.45, 2.75) is 39.5 Å². The first-order chi connectivity index (χ1) is 15.0. The van der Waals surface area contributed by atoms with Gasteiger partial charge in [-0.2, -0.15) is 0 Å². The molecule has 1 saturated heterocycles. The number of hydrogen-bond donors (Lipinski definition) is 0. The third-order valence-electron chi connectivity index (χ3n) is 7.03. The average Bonchev–Trinajstić information content (AvgIpc) is 3.00. The topological polar surface area (TPSA) is 15.7 Å². The summed E-state index contributed by atoms with van der Waals surface area (Å²) in [6.45, 7) is 13.1. The maximum Gasteiger partial charge on any atom is 0.114 e. The van der Waals surface area contributed by atoms with Crippen LogP contribution in [0.2, 0.25) is 0 Å². The Hall–Kier alpha value is -2.52. The maximum atomic E-state index is 5.32. The molecule has 0 radical (unpaired) electrons.